The van der Waals surface area contributed by atoms with Gasteiger partial charge in [0.25, 0.3) is 5.97 Å². The SMILES string of the molecule is CC(=O)O.CCC.CCC(CC[C@H](C)NC(=O)C(CC(=O)O)NCCCc1ccc(OC)c(O)c1)c1ccccc1.CCC(O)C[C@H](CC)c1ccccc1. The topological polar surface area (TPSA) is 165 Å². The first kappa shape index (κ1) is 50.6. The lowest BCUT2D eigenvalue weighted by atomic mass is 9.90. The number of carbonyl (C=O) groups excluding carboxylic acids is 1. The summed E-state index contributed by atoms with van der Waals surface area (Å²) in [6.07, 6.45) is 7.83. The highest BCUT2D eigenvalue weighted by Crippen LogP contribution is 2.27. The van der Waals surface area contributed by atoms with Crippen molar-refractivity contribution in [2.45, 2.75) is 143 Å². The molecule has 3 unspecified atom stereocenters. The molecule has 0 fully saturated rings. The minimum Gasteiger partial charge on any atom is -0.504 e. The van der Waals surface area contributed by atoms with Crippen molar-refractivity contribution in [3.05, 3.63) is 95.6 Å². The molecule has 308 valence electrons. The summed E-state index contributed by atoms with van der Waals surface area (Å²) < 4.78 is 5.05. The molecule has 0 aliphatic heterocycles. The molecule has 3 aromatic rings. The largest absolute Gasteiger partial charge is 0.504 e. The van der Waals surface area contributed by atoms with E-state index >= 15 is 0 Å². The number of aryl methyl sites for hydroxylation is 1. The van der Waals surface area contributed by atoms with Gasteiger partial charge in [-0.05, 0) is 105 Å². The summed E-state index contributed by atoms with van der Waals surface area (Å²) in [5.41, 5.74) is 3.60. The van der Waals surface area contributed by atoms with E-state index in [1.54, 1.807) is 12.1 Å². The van der Waals surface area contributed by atoms with Crippen molar-refractivity contribution in [3.63, 3.8) is 0 Å². The van der Waals surface area contributed by atoms with E-state index in [1.165, 1.54) is 24.7 Å². The summed E-state index contributed by atoms with van der Waals surface area (Å²) in [6, 6.07) is 25.2. The normalized spacial score (nSPS) is 13.0. The molecule has 10 nitrogen and oxygen atoms in total. The van der Waals surface area contributed by atoms with Crippen LogP contribution in [-0.2, 0) is 20.8 Å². The van der Waals surface area contributed by atoms with Crippen molar-refractivity contribution >= 4 is 17.8 Å². The molecule has 5 atom stereocenters. The van der Waals surface area contributed by atoms with Gasteiger partial charge in [-0.1, -0.05) is 108 Å². The maximum atomic E-state index is 12.8. The van der Waals surface area contributed by atoms with Crippen molar-refractivity contribution < 1.29 is 39.5 Å². The number of amides is 1. The molecule has 10 heteroatoms. The van der Waals surface area contributed by atoms with E-state index in [9.17, 15) is 24.9 Å². The summed E-state index contributed by atoms with van der Waals surface area (Å²) in [7, 11) is 1.50. The van der Waals surface area contributed by atoms with Crippen LogP contribution in [-0.4, -0.2) is 70.1 Å². The van der Waals surface area contributed by atoms with Gasteiger partial charge in [-0.3, -0.25) is 14.4 Å². The van der Waals surface area contributed by atoms with Crippen molar-refractivity contribution in [3.8, 4) is 11.5 Å². The number of nitrogens with one attached hydrogen (secondary N) is 2. The van der Waals surface area contributed by atoms with Crippen LogP contribution in [0.5, 0.6) is 11.5 Å². The Morgan fingerprint density at radius 2 is 1.31 bits per heavy atom. The fourth-order valence-electron chi connectivity index (χ4n) is 5.85. The second-order valence-corrected chi connectivity index (χ2v) is 13.8. The van der Waals surface area contributed by atoms with E-state index in [1.807, 2.05) is 44.2 Å². The quantitative estimate of drug-likeness (QED) is 0.0616. The average molecular weight is 767 g/mol. The summed E-state index contributed by atoms with van der Waals surface area (Å²) in [6.45, 7) is 14.2. The third-order valence-corrected chi connectivity index (χ3v) is 8.86. The van der Waals surface area contributed by atoms with Crippen LogP contribution in [0.1, 0.15) is 135 Å². The van der Waals surface area contributed by atoms with Gasteiger partial charge in [0.1, 0.15) is 0 Å². The highest BCUT2D eigenvalue weighted by molar-refractivity contribution is 5.86. The zero-order valence-corrected chi connectivity index (χ0v) is 34.6. The number of methoxy groups -OCH3 is 1. The lowest BCUT2D eigenvalue weighted by Crippen LogP contribution is -2.48. The number of phenolic OH excluding ortho intramolecular Hbond substituents is 1. The maximum Gasteiger partial charge on any atom is 0.305 e. The Balaban J connectivity index is 0.00000114. The van der Waals surface area contributed by atoms with Gasteiger partial charge in [-0.25, -0.2) is 0 Å². The highest BCUT2D eigenvalue weighted by atomic mass is 16.5. The average Bonchev–Trinajstić information content (AvgIpc) is 3.16. The van der Waals surface area contributed by atoms with Crippen LogP contribution in [0.15, 0.2) is 78.9 Å². The maximum absolute atomic E-state index is 12.8. The highest BCUT2D eigenvalue weighted by Gasteiger charge is 2.23. The fourth-order valence-corrected chi connectivity index (χ4v) is 5.85. The molecule has 0 aromatic heterocycles. The molecule has 3 aromatic carbocycles. The van der Waals surface area contributed by atoms with E-state index in [-0.39, 0.29) is 30.2 Å². The molecule has 0 saturated heterocycles. The van der Waals surface area contributed by atoms with Crippen LogP contribution in [0.4, 0.5) is 0 Å². The second-order valence-electron chi connectivity index (χ2n) is 13.8. The fraction of sp³-hybridized carbons (Fsp3) is 0.533. The molecule has 0 heterocycles. The lowest BCUT2D eigenvalue weighted by molar-refractivity contribution is -0.140. The van der Waals surface area contributed by atoms with Crippen LogP contribution >= 0.6 is 0 Å². The summed E-state index contributed by atoms with van der Waals surface area (Å²) in [5, 5.41) is 42.3. The molecule has 0 bridgehead atoms. The van der Waals surface area contributed by atoms with Crippen LogP contribution in [0.3, 0.4) is 0 Å². The number of hydrogen-bond donors (Lipinski definition) is 6. The van der Waals surface area contributed by atoms with Crippen molar-refractivity contribution in [2.75, 3.05) is 13.7 Å². The van der Waals surface area contributed by atoms with E-state index in [4.69, 9.17) is 14.6 Å². The van der Waals surface area contributed by atoms with E-state index < -0.39 is 18.0 Å². The number of hydrogen-bond acceptors (Lipinski definition) is 7. The van der Waals surface area contributed by atoms with Gasteiger partial charge in [0, 0.05) is 13.0 Å². The number of carboxylic acids is 2. The van der Waals surface area contributed by atoms with E-state index in [0.29, 0.717) is 37.0 Å². The molecule has 0 aliphatic carbocycles. The first-order valence-corrected chi connectivity index (χ1v) is 19.8. The lowest BCUT2D eigenvalue weighted by Gasteiger charge is -2.22. The Hall–Kier alpha value is -4.41. The van der Waals surface area contributed by atoms with Crippen molar-refractivity contribution in [2.24, 2.45) is 0 Å². The standard InChI is InChI=1S/C27H38N2O5.C13H20O.C3H8.C2H4O2/c1-4-21(22-10-6-5-7-11-22)14-12-19(2)29-27(33)23(18-26(31)32)28-16-8-9-20-13-15-25(34-3)24(30)17-20;1-3-11(10-13(14)4-2)12-8-6-5-7-9-12;1-3-2;1-2(3)4/h5-7,10-11,13,15,17,19,21,23,28,30H,4,8-9,12,14,16,18H2,1-3H3,(H,29,33)(H,31,32);5-9,11,13-14H,3-4,10H2,1-2H3;3H2,1-2H3;1H3,(H,3,4)/t19-,21?,23?;11-,13?;;/m00../s1. The molecule has 6 N–H and O–H groups in total. The minimum absolute atomic E-state index is 0.0503. The van der Waals surface area contributed by atoms with Crippen LogP contribution in [0.25, 0.3) is 0 Å². The Labute approximate surface area is 330 Å². The molecule has 3 rings (SSSR count). The number of aromatic hydroxyl groups is 1. The summed E-state index contributed by atoms with van der Waals surface area (Å²) >= 11 is 0. The third-order valence-electron chi connectivity index (χ3n) is 8.86. The number of rotatable bonds is 20. The zero-order valence-electron chi connectivity index (χ0n) is 34.6. The van der Waals surface area contributed by atoms with Gasteiger partial charge in [0.2, 0.25) is 5.91 Å². The molecule has 0 saturated carbocycles. The minimum atomic E-state index is -1.02. The van der Waals surface area contributed by atoms with Gasteiger partial charge in [0.15, 0.2) is 11.5 Å². The second kappa shape index (κ2) is 30.9. The Bertz CT molecular complexity index is 1430. The number of carbonyl (C=O) groups is 3. The predicted octanol–water partition coefficient (Wildman–Crippen LogP) is 9.09. The molecular formula is C45H70N2O8. The van der Waals surface area contributed by atoms with Gasteiger partial charge >= 0.3 is 5.97 Å². The van der Waals surface area contributed by atoms with Gasteiger partial charge in [0.05, 0.1) is 25.7 Å². The number of aliphatic carboxylic acids is 2. The Morgan fingerprint density at radius 3 is 1.76 bits per heavy atom. The Kier molecular flexibility index (Phi) is 28.4. The van der Waals surface area contributed by atoms with Gasteiger partial charge < -0.3 is 35.8 Å². The van der Waals surface area contributed by atoms with Crippen molar-refractivity contribution in [1.29, 1.82) is 0 Å². The number of carboxylic acid groups (broad SMARTS) is 2. The van der Waals surface area contributed by atoms with Crippen LogP contribution in [0, 0.1) is 0 Å². The first-order chi connectivity index (χ1) is 26.3. The number of aliphatic hydroxyl groups is 1. The van der Waals surface area contributed by atoms with E-state index in [0.717, 1.165) is 51.0 Å². The van der Waals surface area contributed by atoms with Crippen LogP contribution < -0.4 is 15.4 Å². The third kappa shape index (κ3) is 23.9. The van der Waals surface area contributed by atoms with Gasteiger partial charge in [-0.15, -0.1) is 0 Å². The Morgan fingerprint density at radius 1 is 0.782 bits per heavy atom. The molecule has 1 amide bonds. The number of ether oxygens (including phenoxy) is 1. The van der Waals surface area contributed by atoms with Crippen LogP contribution in [0.2, 0.25) is 0 Å². The summed E-state index contributed by atoms with van der Waals surface area (Å²) in [5.74, 6) is -0.692. The number of phenols is 1. The molecular weight excluding hydrogens is 697 g/mol. The molecule has 0 radical (unpaired) electrons. The monoisotopic (exact) mass is 767 g/mol. The molecule has 0 aliphatic rings. The molecule has 0 spiro atoms. The molecule has 55 heavy (non-hydrogen) atoms. The van der Waals surface area contributed by atoms with E-state index in [2.05, 4.69) is 74.7 Å². The van der Waals surface area contributed by atoms with Gasteiger partial charge in [-0.2, -0.15) is 0 Å². The zero-order chi connectivity index (χ0) is 41.6. The first-order valence-electron chi connectivity index (χ1n) is 19.8. The summed E-state index contributed by atoms with van der Waals surface area (Å²) in [4.78, 5) is 33.1. The number of aliphatic hydroxyl groups excluding tert-OH is 1. The van der Waals surface area contributed by atoms with Crippen molar-refractivity contribution in [1.82, 2.24) is 10.6 Å². The number of benzene rings is 3. The smallest absolute Gasteiger partial charge is 0.305 e. The predicted molar refractivity (Wildman–Crippen MR) is 223 cm³/mol.